The quantitative estimate of drug-likeness (QED) is 0.783. The van der Waals surface area contributed by atoms with Gasteiger partial charge in [-0.25, -0.2) is 4.79 Å². The van der Waals surface area contributed by atoms with Crippen LogP contribution in [0.1, 0.15) is 66.2 Å². The number of rotatable bonds is 6. The first-order valence-corrected chi connectivity index (χ1v) is 9.83. The molecule has 2 N–H and O–H groups in total. The summed E-state index contributed by atoms with van der Waals surface area (Å²) in [6.07, 6.45) is 7.79. The molecule has 5 nitrogen and oxygen atoms in total. The van der Waals surface area contributed by atoms with Crippen molar-refractivity contribution in [3.8, 4) is 0 Å². The molecule has 2 heterocycles. The molecule has 0 saturated carbocycles. The summed E-state index contributed by atoms with van der Waals surface area (Å²) in [6, 6.07) is -0.0369. The van der Waals surface area contributed by atoms with Gasteiger partial charge in [-0.2, -0.15) is 0 Å². The zero-order valence-electron chi connectivity index (χ0n) is 16.3. The molecule has 2 saturated heterocycles. The number of piperidine rings is 2. The highest BCUT2D eigenvalue weighted by Gasteiger charge is 2.30. The molecule has 0 spiro atoms. The van der Waals surface area contributed by atoms with Gasteiger partial charge in [-0.1, -0.05) is 12.8 Å². The van der Waals surface area contributed by atoms with Gasteiger partial charge in [-0.3, -0.25) is 9.80 Å². The van der Waals surface area contributed by atoms with Gasteiger partial charge in [-0.05, 0) is 79.6 Å². The second-order valence-corrected chi connectivity index (χ2v) is 8.76. The molecule has 2 aliphatic rings. The maximum Gasteiger partial charge on any atom is 0.314 e. The van der Waals surface area contributed by atoms with Crippen LogP contribution < -0.4 is 10.6 Å². The number of nitrogens with zero attached hydrogens (tertiary/aromatic N) is 2. The minimum atomic E-state index is -0.0369. The van der Waals surface area contributed by atoms with Gasteiger partial charge in [0.15, 0.2) is 0 Å². The molecule has 0 aromatic carbocycles. The molecule has 140 valence electrons. The molecular formula is C19H38N4O. The SMILES string of the molecule is CC(C)(CNC(=O)NCC(C)(C)N1CCCCC1)N1CCCCC1. The summed E-state index contributed by atoms with van der Waals surface area (Å²) in [5, 5.41) is 6.17. The summed E-state index contributed by atoms with van der Waals surface area (Å²) in [5.41, 5.74) is 0.0558. The minimum absolute atomic E-state index is 0.0279. The van der Waals surface area contributed by atoms with Gasteiger partial charge >= 0.3 is 6.03 Å². The van der Waals surface area contributed by atoms with Crippen LogP contribution in [0.5, 0.6) is 0 Å². The number of urea groups is 1. The predicted molar refractivity (Wildman–Crippen MR) is 100 cm³/mol. The third kappa shape index (κ3) is 5.62. The number of carbonyl (C=O) groups excluding carboxylic acids is 1. The van der Waals surface area contributed by atoms with Gasteiger partial charge in [0.1, 0.15) is 0 Å². The summed E-state index contributed by atoms with van der Waals surface area (Å²) in [5.74, 6) is 0. The van der Waals surface area contributed by atoms with Crippen LogP contribution in [0.25, 0.3) is 0 Å². The van der Waals surface area contributed by atoms with Crippen LogP contribution in [0, 0.1) is 0 Å². The zero-order chi connectivity index (χ0) is 17.6. The molecule has 0 atom stereocenters. The predicted octanol–water partition coefficient (Wildman–Crippen LogP) is 2.81. The van der Waals surface area contributed by atoms with E-state index in [0.29, 0.717) is 13.1 Å². The third-order valence-corrected chi connectivity index (χ3v) is 5.79. The van der Waals surface area contributed by atoms with Crippen LogP contribution in [0.3, 0.4) is 0 Å². The highest BCUT2D eigenvalue weighted by Crippen LogP contribution is 2.21. The van der Waals surface area contributed by atoms with E-state index in [0.717, 1.165) is 26.2 Å². The Morgan fingerprint density at radius 3 is 1.38 bits per heavy atom. The van der Waals surface area contributed by atoms with Crippen molar-refractivity contribution in [3.63, 3.8) is 0 Å². The Kier molecular flexibility index (Phi) is 6.93. The molecule has 0 bridgehead atoms. The molecular weight excluding hydrogens is 300 g/mol. The first kappa shape index (κ1) is 19.5. The number of hydrogen-bond acceptors (Lipinski definition) is 3. The molecule has 5 heteroatoms. The smallest absolute Gasteiger partial charge is 0.314 e. The molecule has 2 aliphatic heterocycles. The van der Waals surface area contributed by atoms with Gasteiger partial charge < -0.3 is 10.6 Å². The molecule has 0 unspecified atom stereocenters. The van der Waals surface area contributed by atoms with Crippen molar-refractivity contribution >= 4 is 6.03 Å². The topological polar surface area (TPSA) is 47.6 Å². The summed E-state index contributed by atoms with van der Waals surface area (Å²) in [6.45, 7) is 14.9. The highest BCUT2D eigenvalue weighted by atomic mass is 16.2. The lowest BCUT2D eigenvalue weighted by atomic mass is 9.98. The Morgan fingerprint density at radius 1 is 0.708 bits per heavy atom. The molecule has 0 radical (unpaired) electrons. The number of nitrogens with one attached hydrogen (secondary N) is 2. The molecule has 24 heavy (non-hydrogen) atoms. The van der Waals surface area contributed by atoms with E-state index in [-0.39, 0.29) is 17.1 Å². The maximum atomic E-state index is 12.2. The molecule has 2 amide bonds. The molecule has 0 aromatic rings. The fourth-order valence-corrected chi connectivity index (χ4v) is 3.88. The lowest BCUT2D eigenvalue weighted by Crippen LogP contribution is -2.57. The van der Waals surface area contributed by atoms with E-state index in [1.807, 2.05) is 0 Å². The highest BCUT2D eigenvalue weighted by molar-refractivity contribution is 5.74. The Balaban J connectivity index is 1.72. The number of carbonyl (C=O) groups is 1. The summed E-state index contributed by atoms with van der Waals surface area (Å²) < 4.78 is 0. The van der Waals surface area contributed by atoms with Crippen molar-refractivity contribution < 1.29 is 4.79 Å². The van der Waals surface area contributed by atoms with Gasteiger partial charge in [0, 0.05) is 24.2 Å². The Labute approximate surface area is 148 Å². The Bertz CT molecular complexity index is 360. The Hall–Kier alpha value is -0.810. The van der Waals surface area contributed by atoms with E-state index >= 15 is 0 Å². The lowest BCUT2D eigenvalue weighted by molar-refractivity contribution is 0.0912. The number of likely N-dealkylation sites (tertiary alicyclic amines) is 2. The monoisotopic (exact) mass is 338 g/mol. The summed E-state index contributed by atoms with van der Waals surface area (Å²) in [4.78, 5) is 17.3. The van der Waals surface area contributed by atoms with Crippen LogP contribution in [-0.2, 0) is 0 Å². The number of hydrogen-bond donors (Lipinski definition) is 2. The summed E-state index contributed by atoms with van der Waals surface area (Å²) >= 11 is 0. The Morgan fingerprint density at radius 2 is 1.04 bits per heavy atom. The fraction of sp³-hybridized carbons (Fsp3) is 0.947. The van der Waals surface area contributed by atoms with Crippen LogP contribution in [-0.4, -0.2) is 66.2 Å². The minimum Gasteiger partial charge on any atom is -0.336 e. The van der Waals surface area contributed by atoms with Crippen LogP contribution in [0.4, 0.5) is 4.79 Å². The van der Waals surface area contributed by atoms with E-state index in [2.05, 4.69) is 48.1 Å². The van der Waals surface area contributed by atoms with Gasteiger partial charge in [0.25, 0.3) is 0 Å². The average Bonchev–Trinajstić information content (AvgIpc) is 2.60. The molecule has 2 rings (SSSR count). The molecule has 0 aromatic heterocycles. The first-order chi connectivity index (χ1) is 11.3. The van der Waals surface area contributed by atoms with E-state index in [9.17, 15) is 4.79 Å². The second-order valence-electron chi connectivity index (χ2n) is 8.76. The van der Waals surface area contributed by atoms with Crippen LogP contribution in [0.2, 0.25) is 0 Å². The largest absolute Gasteiger partial charge is 0.336 e. The van der Waals surface area contributed by atoms with Gasteiger partial charge in [-0.15, -0.1) is 0 Å². The van der Waals surface area contributed by atoms with Crippen LogP contribution in [0.15, 0.2) is 0 Å². The summed E-state index contributed by atoms with van der Waals surface area (Å²) in [7, 11) is 0. The van der Waals surface area contributed by atoms with E-state index in [1.54, 1.807) is 0 Å². The van der Waals surface area contributed by atoms with E-state index in [1.165, 1.54) is 38.5 Å². The fourth-order valence-electron chi connectivity index (χ4n) is 3.88. The van der Waals surface area contributed by atoms with Crippen molar-refractivity contribution in [2.45, 2.75) is 77.3 Å². The normalized spacial score (nSPS) is 21.5. The second kappa shape index (κ2) is 8.52. The van der Waals surface area contributed by atoms with Crippen molar-refractivity contribution in [1.82, 2.24) is 20.4 Å². The van der Waals surface area contributed by atoms with Crippen LogP contribution >= 0.6 is 0 Å². The van der Waals surface area contributed by atoms with Crippen molar-refractivity contribution in [3.05, 3.63) is 0 Å². The maximum absolute atomic E-state index is 12.2. The van der Waals surface area contributed by atoms with Crippen molar-refractivity contribution in [1.29, 1.82) is 0 Å². The molecule has 0 aliphatic carbocycles. The molecule has 2 fully saturated rings. The van der Waals surface area contributed by atoms with E-state index < -0.39 is 0 Å². The third-order valence-electron chi connectivity index (χ3n) is 5.79. The van der Waals surface area contributed by atoms with Crippen molar-refractivity contribution in [2.75, 3.05) is 39.3 Å². The zero-order valence-corrected chi connectivity index (χ0v) is 16.3. The van der Waals surface area contributed by atoms with Crippen molar-refractivity contribution in [2.24, 2.45) is 0 Å². The first-order valence-electron chi connectivity index (χ1n) is 9.83. The lowest BCUT2D eigenvalue weighted by Gasteiger charge is -2.42. The number of amides is 2. The van der Waals surface area contributed by atoms with E-state index in [4.69, 9.17) is 0 Å². The van der Waals surface area contributed by atoms with Gasteiger partial charge in [0.2, 0.25) is 0 Å². The standard InChI is InChI=1S/C19H38N4O/c1-18(2,22-11-7-5-8-12-22)15-20-17(24)21-16-19(3,4)23-13-9-6-10-14-23/h5-16H2,1-4H3,(H2,20,21,24). The average molecular weight is 339 g/mol. The van der Waals surface area contributed by atoms with Gasteiger partial charge in [0.05, 0.1) is 0 Å².